The van der Waals surface area contributed by atoms with E-state index in [2.05, 4.69) is 43.8 Å². The molecule has 0 radical (unpaired) electrons. The lowest BCUT2D eigenvalue weighted by Gasteiger charge is -2.23. The minimum absolute atomic E-state index is 0.145. The summed E-state index contributed by atoms with van der Waals surface area (Å²) < 4.78 is 11.5. The highest BCUT2D eigenvalue weighted by Crippen LogP contribution is 2.61. The van der Waals surface area contributed by atoms with Gasteiger partial charge in [0.2, 0.25) is 0 Å². The molecule has 0 aromatic carbocycles. The van der Waals surface area contributed by atoms with Gasteiger partial charge in [0.15, 0.2) is 11.6 Å². The number of hydrogen-bond acceptors (Lipinski definition) is 4. The van der Waals surface area contributed by atoms with Gasteiger partial charge in [-0.15, -0.1) is 0 Å². The molecule has 1 aromatic rings. The molecule has 0 unspecified atom stereocenters. The third-order valence-electron chi connectivity index (χ3n) is 3.48. The molecular weight excluding hydrogens is 355 g/mol. The lowest BCUT2D eigenvalue weighted by Crippen LogP contribution is -2.14. The Bertz CT molecular complexity index is 582. The molecular formula is C12H15Cl3N3O2P. The number of aliphatic imine (C=N–C) groups is 1. The summed E-state index contributed by atoms with van der Waals surface area (Å²) in [4.78, 5) is 16.0. The summed E-state index contributed by atoms with van der Waals surface area (Å²) in [7, 11) is 0. The van der Waals surface area contributed by atoms with E-state index < -0.39 is 5.20 Å². The van der Waals surface area contributed by atoms with E-state index in [0.717, 1.165) is 18.7 Å². The fraction of sp³-hybridized carbons (Fsp3) is 0.583. The number of halogens is 3. The van der Waals surface area contributed by atoms with Crippen molar-refractivity contribution < 1.29 is 9.36 Å². The lowest BCUT2D eigenvalue weighted by atomic mass is 9.95. The quantitative estimate of drug-likeness (QED) is 0.614. The van der Waals surface area contributed by atoms with Gasteiger partial charge in [0.1, 0.15) is 0 Å². The van der Waals surface area contributed by atoms with Crippen molar-refractivity contribution in [3.63, 3.8) is 0 Å². The molecule has 116 valence electrons. The van der Waals surface area contributed by atoms with Gasteiger partial charge in [0.25, 0.3) is 0 Å². The molecule has 1 aromatic heterocycles. The van der Waals surface area contributed by atoms with Gasteiger partial charge in [-0.05, 0) is 46.6 Å². The molecule has 0 amide bonds. The first-order valence-corrected chi connectivity index (χ1v) is 11.1. The predicted octanol–water partition coefficient (Wildman–Crippen LogP) is 5.49. The topological polar surface area (TPSA) is 64.3 Å². The van der Waals surface area contributed by atoms with E-state index in [-0.39, 0.29) is 5.78 Å². The number of nitrogens with zero attached hydrogens (tertiary/aromatic N) is 3. The van der Waals surface area contributed by atoms with Gasteiger partial charge in [0.05, 0.1) is 17.8 Å². The van der Waals surface area contributed by atoms with E-state index in [9.17, 15) is 9.36 Å². The number of rotatable bonds is 1. The van der Waals surface area contributed by atoms with Crippen LogP contribution in [-0.2, 0) is 4.57 Å². The van der Waals surface area contributed by atoms with Gasteiger partial charge in [-0.3, -0.25) is 9.36 Å². The van der Waals surface area contributed by atoms with Crippen LogP contribution in [0.5, 0.6) is 0 Å². The summed E-state index contributed by atoms with van der Waals surface area (Å²) >= 11 is 13.8. The normalized spacial score (nSPS) is 18.9. The van der Waals surface area contributed by atoms with Gasteiger partial charge in [-0.25, -0.2) is 9.67 Å². The number of aromatic nitrogens is 2. The zero-order valence-corrected chi connectivity index (χ0v) is 14.4. The Kier molecular flexibility index (Phi) is 5.89. The summed E-state index contributed by atoms with van der Waals surface area (Å²) in [5, 5.41) is 1.13. The van der Waals surface area contributed by atoms with Gasteiger partial charge in [0, 0.05) is 12.6 Å². The van der Waals surface area contributed by atoms with Crippen molar-refractivity contribution in [1.29, 1.82) is 0 Å². The van der Waals surface area contributed by atoms with Crippen molar-refractivity contribution in [2.75, 3.05) is 0 Å². The highest BCUT2D eigenvalue weighted by molar-refractivity contribution is 8.24. The first-order chi connectivity index (χ1) is 9.86. The molecule has 0 atom stereocenters. The van der Waals surface area contributed by atoms with E-state index in [1.165, 1.54) is 19.3 Å². The maximum absolute atomic E-state index is 11.6. The Morgan fingerprint density at radius 1 is 1.19 bits per heavy atom. The van der Waals surface area contributed by atoms with Crippen molar-refractivity contribution >= 4 is 56.7 Å². The van der Waals surface area contributed by atoms with Crippen LogP contribution in [0.2, 0.25) is 0 Å². The molecule has 21 heavy (non-hydrogen) atoms. The monoisotopic (exact) mass is 369 g/mol. The molecule has 1 aliphatic carbocycles. The smallest absolute Gasteiger partial charge is 0.294 e. The Labute approximate surface area is 137 Å². The standard InChI is InChI=1S/C12H15N3O.Cl3OP/c16-11-6-7-13-12-10(11)8-14-15(12)9-4-2-1-3-5-9;1-5(2,3)4/h7-9H,1-6H2;. The van der Waals surface area contributed by atoms with Gasteiger partial charge in [-0.2, -0.15) is 5.10 Å². The molecule has 0 spiro atoms. The zero-order chi connectivity index (χ0) is 15.5. The Morgan fingerprint density at radius 2 is 1.81 bits per heavy atom. The molecule has 2 heterocycles. The van der Waals surface area contributed by atoms with Crippen molar-refractivity contribution in [3.05, 3.63) is 11.8 Å². The molecule has 0 N–H and O–H groups in total. The van der Waals surface area contributed by atoms with Crippen LogP contribution in [0.1, 0.15) is 54.9 Å². The SMILES string of the molecule is O=C1CC=Nc2c1cnn2C1CCCCC1.O=P(Cl)(Cl)Cl. The highest BCUT2D eigenvalue weighted by atomic mass is 36.0. The largest absolute Gasteiger partial charge is 0.339 e. The summed E-state index contributed by atoms with van der Waals surface area (Å²) in [6.07, 6.45) is 9.98. The third-order valence-corrected chi connectivity index (χ3v) is 3.48. The summed E-state index contributed by atoms with van der Waals surface area (Å²) in [6.45, 7) is 0. The Morgan fingerprint density at radius 3 is 2.43 bits per heavy atom. The second-order valence-electron chi connectivity index (χ2n) is 4.96. The first-order valence-electron chi connectivity index (χ1n) is 6.68. The second kappa shape index (κ2) is 7.28. The molecule has 5 nitrogen and oxygen atoms in total. The van der Waals surface area contributed by atoms with E-state index in [0.29, 0.717) is 18.0 Å². The molecule has 9 heteroatoms. The van der Waals surface area contributed by atoms with Crippen molar-refractivity contribution in [3.8, 4) is 0 Å². The molecule has 1 fully saturated rings. The van der Waals surface area contributed by atoms with Crippen LogP contribution in [0.15, 0.2) is 11.2 Å². The zero-order valence-electron chi connectivity index (χ0n) is 11.2. The lowest BCUT2D eigenvalue weighted by molar-refractivity contribution is 0.100. The van der Waals surface area contributed by atoms with E-state index in [1.54, 1.807) is 12.4 Å². The van der Waals surface area contributed by atoms with Crippen LogP contribution in [0.3, 0.4) is 0 Å². The molecule has 2 aliphatic rings. The fourth-order valence-electron chi connectivity index (χ4n) is 2.60. The van der Waals surface area contributed by atoms with E-state index in [1.807, 2.05) is 4.68 Å². The Balaban J connectivity index is 0.000000282. The van der Waals surface area contributed by atoms with Crippen molar-refractivity contribution in [2.24, 2.45) is 4.99 Å². The van der Waals surface area contributed by atoms with E-state index >= 15 is 0 Å². The van der Waals surface area contributed by atoms with Crippen LogP contribution in [-0.4, -0.2) is 21.8 Å². The number of carbonyl (C=O) groups excluding carboxylic acids is 1. The summed E-state index contributed by atoms with van der Waals surface area (Å²) in [6, 6.07) is 0.445. The van der Waals surface area contributed by atoms with Gasteiger partial charge < -0.3 is 0 Å². The van der Waals surface area contributed by atoms with E-state index in [4.69, 9.17) is 0 Å². The van der Waals surface area contributed by atoms with Crippen LogP contribution in [0.25, 0.3) is 0 Å². The maximum atomic E-state index is 11.6. The summed E-state index contributed by atoms with van der Waals surface area (Å²) in [5.41, 5.74) is 0.702. The first kappa shape index (κ1) is 17.0. The number of fused-ring (bicyclic) bond motifs is 1. The number of Topliss-reactive ketones (excluding diaryl/α,β-unsaturated/α-hetero) is 1. The van der Waals surface area contributed by atoms with Crippen molar-refractivity contribution in [1.82, 2.24) is 9.78 Å². The minimum atomic E-state index is -3.22. The number of carbonyl (C=O) groups is 1. The van der Waals surface area contributed by atoms with Gasteiger partial charge >= 0.3 is 5.20 Å². The maximum Gasteiger partial charge on any atom is 0.339 e. The second-order valence-corrected chi connectivity index (χ2v) is 11.6. The fourth-order valence-corrected chi connectivity index (χ4v) is 2.60. The van der Waals surface area contributed by atoms with Gasteiger partial charge in [-0.1, -0.05) is 19.3 Å². The molecule has 0 saturated heterocycles. The predicted molar refractivity (Wildman–Crippen MR) is 86.6 cm³/mol. The van der Waals surface area contributed by atoms with Crippen molar-refractivity contribution in [2.45, 2.75) is 44.6 Å². The van der Waals surface area contributed by atoms with Crippen LogP contribution < -0.4 is 0 Å². The Hall–Kier alpha value is -0.350. The number of ketones is 1. The third kappa shape index (κ3) is 5.10. The minimum Gasteiger partial charge on any atom is -0.294 e. The van der Waals surface area contributed by atoms with Crippen LogP contribution in [0.4, 0.5) is 5.82 Å². The highest BCUT2D eigenvalue weighted by Gasteiger charge is 2.24. The molecule has 3 rings (SSSR count). The molecule has 1 saturated carbocycles. The molecule has 0 bridgehead atoms. The number of hydrogen-bond donors (Lipinski definition) is 0. The van der Waals surface area contributed by atoms with Crippen LogP contribution in [0, 0.1) is 0 Å². The average Bonchev–Trinajstić information content (AvgIpc) is 2.83. The average molecular weight is 371 g/mol. The summed E-state index contributed by atoms with van der Waals surface area (Å²) in [5.74, 6) is 0.926. The molecule has 1 aliphatic heterocycles. The van der Waals surface area contributed by atoms with Crippen LogP contribution >= 0.6 is 38.9 Å².